The summed E-state index contributed by atoms with van der Waals surface area (Å²) in [6.07, 6.45) is 0. The van der Waals surface area contributed by atoms with Crippen LogP contribution in [-0.4, -0.2) is 10.2 Å². The second-order valence-electron chi connectivity index (χ2n) is 6.35. The van der Waals surface area contributed by atoms with Gasteiger partial charge in [0.1, 0.15) is 11.5 Å². The fraction of sp³-hybridized carbons (Fsp3) is 0.143. The number of rotatable bonds is 1. The lowest BCUT2D eigenvalue weighted by Gasteiger charge is -2.15. The molecular formula is C21H18O2. The minimum absolute atomic E-state index is 0.227. The van der Waals surface area contributed by atoms with Crippen LogP contribution in [0.2, 0.25) is 0 Å². The van der Waals surface area contributed by atoms with Gasteiger partial charge in [-0.05, 0) is 45.0 Å². The summed E-state index contributed by atoms with van der Waals surface area (Å²) in [5.74, 6) is 0.849. The second kappa shape index (κ2) is 4.88. The van der Waals surface area contributed by atoms with Crippen molar-refractivity contribution in [2.45, 2.75) is 19.8 Å². The maximum atomic E-state index is 10.4. The SMILES string of the molecule is CC(C)c1c(O)ccc2c1ccc1c3ccccc3c(O)cc21. The quantitative estimate of drug-likeness (QED) is 0.444. The summed E-state index contributed by atoms with van der Waals surface area (Å²) in [5, 5.41) is 26.8. The van der Waals surface area contributed by atoms with Crippen LogP contribution in [0.5, 0.6) is 11.5 Å². The number of phenols is 2. The van der Waals surface area contributed by atoms with E-state index in [1.165, 1.54) is 0 Å². The lowest BCUT2D eigenvalue weighted by Crippen LogP contribution is -1.91. The van der Waals surface area contributed by atoms with Crippen molar-refractivity contribution in [3.63, 3.8) is 0 Å². The van der Waals surface area contributed by atoms with Gasteiger partial charge < -0.3 is 10.2 Å². The highest BCUT2D eigenvalue weighted by Gasteiger charge is 2.14. The van der Waals surface area contributed by atoms with Gasteiger partial charge in [0.15, 0.2) is 0 Å². The van der Waals surface area contributed by atoms with Gasteiger partial charge in [0.25, 0.3) is 0 Å². The van der Waals surface area contributed by atoms with Crippen molar-refractivity contribution >= 4 is 32.3 Å². The standard InChI is InChI=1S/C21H18O2/c1-12(2)21-17-8-7-14-13-5-3-4-6-16(13)20(23)11-18(14)15(17)9-10-19(21)22/h3-12,22-23H,1-2H3. The van der Waals surface area contributed by atoms with E-state index in [1.54, 1.807) is 6.07 Å². The maximum absolute atomic E-state index is 10.4. The van der Waals surface area contributed by atoms with E-state index < -0.39 is 0 Å². The number of hydrogen-bond donors (Lipinski definition) is 2. The molecule has 0 aliphatic rings. The summed E-state index contributed by atoms with van der Waals surface area (Å²) < 4.78 is 0. The number of hydrogen-bond acceptors (Lipinski definition) is 2. The molecule has 2 heteroatoms. The van der Waals surface area contributed by atoms with Crippen molar-refractivity contribution in [3.8, 4) is 11.5 Å². The third-order valence-electron chi connectivity index (χ3n) is 4.61. The molecule has 0 bridgehead atoms. The number of benzene rings is 4. The zero-order valence-corrected chi connectivity index (χ0v) is 13.2. The topological polar surface area (TPSA) is 40.5 Å². The van der Waals surface area contributed by atoms with E-state index in [4.69, 9.17) is 0 Å². The summed E-state index contributed by atoms with van der Waals surface area (Å²) in [4.78, 5) is 0. The van der Waals surface area contributed by atoms with Gasteiger partial charge in [-0.1, -0.05) is 56.3 Å². The third kappa shape index (κ3) is 1.95. The number of fused-ring (bicyclic) bond motifs is 5. The van der Waals surface area contributed by atoms with Gasteiger partial charge in [0.05, 0.1) is 0 Å². The molecule has 0 unspecified atom stereocenters. The first kappa shape index (κ1) is 13.9. The maximum Gasteiger partial charge on any atom is 0.124 e. The van der Waals surface area contributed by atoms with Crippen molar-refractivity contribution in [1.29, 1.82) is 0 Å². The lowest BCUT2D eigenvalue weighted by molar-refractivity contribution is 0.466. The highest BCUT2D eigenvalue weighted by Crippen LogP contribution is 2.40. The van der Waals surface area contributed by atoms with E-state index in [-0.39, 0.29) is 5.92 Å². The summed E-state index contributed by atoms with van der Waals surface area (Å²) in [6.45, 7) is 4.16. The largest absolute Gasteiger partial charge is 0.508 e. The minimum Gasteiger partial charge on any atom is -0.508 e. The molecule has 0 spiro atoms. The Kier molecular flexibility index (Phi) is 2.95. The third-order valence-corrected chi connectivity index (χ3v) is 4.61. The van der Waals surface area contributed by atoms with Crippen LogP contribution >= 0.6 is 0 Å². The molecule has 0 heterocycles. The first-order chi connectivity index (χ1) is 11.1. The average Bonchev–Trinajstić information content (AvgIpc) is 2.54. The fourth-order valence-electron chi connectivity index (χ4n) is 3.59. The van der Waals surface area contributed by atoms with E-state index in [9.17, 15) is 10.2 Å². The second-order valence-corrected chi connectivity index (χ2v) is 6.35. The molecule has 4 rings (SSSR count). The van der Waals surface area contributed by atoms with Gasteiger partial charge in [0, 0.05) is 10.9 Å². The van der Waals surface area contributed by atoms with Gasteiger partial charge in [-0.2, -0.15) is 0 Å². The Morgan fingerprint density at radius 1 is 0.609 bits per heavy atom. The summed E-state index contributed by atoms with van der Waals surface area (Å²) in [5.41, 5.74) is 0.956. The van der Waals surface area contributed by atoms with Gasteiger partial charge in [-0.3, -0.25) is 0 Å². The highest BCUT2D eigenvalue weighted by atomic mass is 16.3. The molecule has 4 aromatic carbocycles. The van der Waals surface area contributed by atoms with Crippen LogP contribution in [0, 0.1) is 0 Å². The van der Waals surface area contributed by atoms with Gasteiger partial charge in [0.2, 0.25) is 0 Å². The molecule has 0 saturated carbocycles. The first-order valence-electron chi connectivity index (χ1n) is 7.87. The van der Waals surface area contributed by atoms with Crippen LogP contribution < -0.4 is 0 Å². The van der Waals surface area contributed by atoms with Gasteiger partial charge in [-0.25, -0.2) is 0 Å². The zero-order valence-electron chi connectivity index (χ0n) is 13.2. The van der Waals surface area contributed by atoms with Crippen molar-refractivity contribution in [2.75, 3.05) is 0 Å². The molecular weight excluding hydrogens is 284 g/mol. The fourth-order valence-corrected chi connectivity index (χ4v) is 3.59. The van der Waals surface area contributed by atoms with Crippen molar-refractivity contribution in [2.24, 2.45) is 0 Å². The Balaban J connectivity index is 2.24. The van der Waals surface area contributed by atoms with Crippen LogP contribution in [-0.2, 0) is 0 Å². The molecule has 0 saturated heterocycles. The van der Waals surface area contributed by atoms with E-state index in [2.05, 4.69) is 26.0 Å². The molecule has 0 aromatic heterocycles. The molecule has 0 atom stereocenters. The molecule has 4 aromatic rings. The van der Waals surface area contributed by atoms with Gasteiger partial charge in [-0.15, -0.1) is 0 Å². The van der Waals surface area contributed by atoms with E-state index >= 15 is 0 Å². The number of aromatic hydroxyl groups is 2. The molecule has 0 aliphatic heterocycles. The predicted molar refractivity (Wildman–Crippen MR) is 96.4 cm³/mol. The molecule has 0 fully saturated rings. The van der Waals surface area contributed by atoms with Crippen LogP contribution in [0.4, 0.5) is 0 Å². The van der Waals surface area contributed by atoms with E-state index in [0.29, 0.717) is 11.5 Å². The van der Waals surface area contributed by atoms with Crippen LogP contribution in [0.3, 0.4) is 0 Å². The summed E-state index contributed by atoms with van der Waals surface area (Å²) >= 11 is 0. The highest BCUT2D eigenvalue weighted by molar-refractivity contribution is 6.19. The molecule has 2 N–H and O–H groups in total. The minimum atomic E-state index is 0.227. The monoisotopic (exact) mass is 302 g/mol. The average molecular weight is 302 g/mol. The zero-order chi connectivity index (χ0) is 16.1. The normalized spacial score (nSPS) is 11.8. The Labute approximate surface area is 134 Å². The van der Waals surface area contributed by atoms with Crippen molar-refractivity contribution in [3.05, 3.63) is 60.2 Å². The molecule has 0 aliphatic carbocycles. The number of phenolic OH excluding ortho intramolecular Hbond substituents is 2. The molecule has 2 nitrogen and oxygen atoms in total. The first-order valence-corrected chi connectivity index (χ1v) is 7.87. The smallest absolute Gasteiger partial charge is 0.124 e. The van der Waals surface area contributed by atoms with E-state index in [0.717, 1.165) is 37.9 Å². The summed E-state index contributed by atoms with van der Waals surface area (Å²) in [6, 6.07) is 17.6. The van der Waals surface area contributed by atoms with Crippen LogP contribution in [0.1, 0.15) is 25.3 Å². The summed E-state index contributed by atoms with van der Waals surface area (Å²) in [7, 11) is 0. The Morgan fingerprint density at radius 2 is 1.17 bits per heavy atom. The Bertz CT molecular complexity index is 1060. The Morgan fingerprint density at radius 3 is 1.91 bits per heavy atom. The van der Waals surface area contributed by atoms with Gasteiger partial charge >= 0.3 is 0 Å². The lowest BCUT2D eigenvalue weighted by atomic mass is 9.90. The van der Waals surface area contributed by atoms with Crippen molar-refractivity contribution in [1.82, 2.24) is 0 Å². The molecule has 0 amide bonds. The molecule has 23 heavy (non-hydrogen) atoms. The molecule has 0 radical (unpaired) electrons. The van der Waals surface area contributed by atoms with Crippen LogP contribution in [0.15, 0.2) is 54.6 Å². The Hall–Kier alpha value is -2.74. The van der Waals surface area contributed by atoms with Crippen molar-refractivity contribution < 1.29 is 10.2 Å². The molecule has 114 valence electrons. The predicted octanol–water partition coefficient (Wildman–Crippen LogP) is 5.68. The van der Waals surface area contributed by atoms with E-state index in [1.807, 2.05) is 36.4 Å². The van der Waals surface area contributed by atoms with Crippen LogP contribution in [0.25, 0.3) is 32.3 Å².